The molecule has 0 fully saturated rings. The molecule has 1 heterocycles. The first-order valence-corrected chi connectivity index (χ1v) is 13.4. The third kappa shape index (κ3) is 8.17. The van der Waals surface area contributed by atoms with Gasteiger partial charge in [-0.25, -0.2) is 4.79 Å². The van der Waals surface area contributed by atoms with Crippen LogP contribution in [-0.4, -0.2) is 66.1 Å². The van der Waals surface area contributed by atoms with Gasteiger partial charge in [0, 0.05) is 13.5 Å². The number of methoxy groups -OCH3 is 1. The number of rotatable bonds is 6. The predicted octanol–water partition coefficient (Wildman–Crippen LogP) is 6.25. The summed E-state index contributed by atoms with van der Waals surface area (Å²) in [6.45, 7) is 10.5. The summed E-state index contributed by atoms with van der Waals surface area (Å²) < 4.78 is 59.5. The summed E-state index contributed by atoms with van der Waals surface area (Å²) in [6, 6.07) is 8.42. The van der Waals surface area contributed by atoms with Gasteiger partial charge in [-0.15, -0.1) is 4.58 Å². The zero-order valence-electron chi connectivity index (χ0n) is 22.8. The fraction of sp³-hybridized carbons (Fsp3) is 0.464. The first-order chi connectivity index (χ1) is 18.1. The Bertz CT molecular complexity index is 1270. The van der Waals surface area contributed by atoms with Crippen LogP contribution in [0.15, 0.2) is 36.4 Å². The number of nitrogens with zero attached hydrogens (tertiary/aromatic N) is 2. The molecular formula is C28H33F3IN2O5+. The molecule has 1 amide bonds. The standard InChI is InChI=1S/C28H33F3IN2O5/c1-17-12-23(22(32)14-21(17)25(35)37-6)38-24(19-8-7-9-20(13-19)28(29,30)31)16-33-10-11-34(18(2)15-33)26(36)39-27(3,4)5/h7-9,12-14,24H,10-11,15-16H2,1-6H3/q+1/t24-/m1/s1. The molecule has 0 saturated carbocycles. The van der Waals surface area contributed by atoms with Crippen LogP contribution in [0.1, 0.15) is 60.8 Å². The molecule has 212 valence electrons. The van der Waals surface area contributed by atoms with E-state index in [1.807, 2.05) is 34.4 Å². The molecule has 0 N–H and O–H groups in total. The highest BCUT2D eigenvalue weighted by atomic mass is 127. The largest absolute Gasteiger partial charge is 0.596 e. The molecule has 0 saturated heterocycles. The van der Waals surface area contributed by atoms with Crippen molar-refractivity contribution in [2.45, 2.75) is 52.5 Å². The SMILES string of the molecule is COC(=O)c1cc(I)c(O[C@H](CN2CC[N+](C(=O)OC(C)(C)C)=C(C)C2)c2cccc(C(F)(F)F)c2)cc1C. The lowest BCUT2D eigenvalue weighted by Crippen LogP contribution is -2.48. The van der Waals surface area contributed by atoms with Gasteiger partial charge in [-0.3, -0.25) is 4.90 Å². The maximum atomic E-state index is 13.5. The summed E-state index contributed by atoms with van der Waals surface area (Å²) >= 11 is 2.03. The van der Waals surface area contributed by atoms with E-state index in [1.165, 1.54) is 13.2 Å². The molecule has 0 aromatic heterocycles. The molecule has 0 radical (unpaired) electrons. The first-order valence-electron chi connectivity index (χ1n) is 12.4. The Morgan fingerprint density at radius 1 is 1.13 bits per heavy atom. The summed E-state index contributed by atoms with van der Waals surface area (Å²) in [4.78, 5) is 26.7. The van der Waals surface area contributed by atoms with E-state index >= 15 is 0 Å². The molecule has 1 aliphatic heterocycles. The average Bonchev–Trinajstić information content (AvgIpc) is 2.83. The Morgan fingerprint density at radius 2 is 1.82 bits per heavy atom. The minimum Gasteiger partial charge on any atom is -0.483 e. The number of amides is 1. The summed E-state index contributed by atoms with van der Waals surface area (Å²) in [6.07, 6.45) is -5.69. The zero-order valence-corrected chi connectivity index (χ0v) is 25.0. The Hall–Kier alpha value is -2.67. The van der Waals surface area contributed by atoms with Crippen molar-refractivity contribution in [3.8, 4) is 5.75 Å². The van der Waals surface area contributed by atoms with Crippen LogP contribution in [0, 0.1) is 10.5 Å². The van der Waals surface area contributed by atoms with Crippen LogP contribution in [0.5, 0.6) is 5.75 Å². The Labute approximate surface area is 240 Å². The molecule has 2 aromatic carbocycles. The van der Waals surface area contributed by atoms with E-state index in [-0.39, 0.29) is 6.54 Å². The molecule has 3 rings (SSSR count). The molecule has 0 spiro atoms. The number of aryl methyl sites for hydroxylation is 1. The maximum Gasteiger partial charge on any atom is 0.596 e. The molecule has 0 aliphatic carbocycles. The number of esters is 1. The highest BCUT2D eigenvalue weighted by Gasteiger charge is 2.35. The van der Waals surface area contributed by atoms with Gasteiger partial charge in [-0.1, -0.05) is 12.1 Å². The third-order valence-electron chi connectivity index (χ3n) is 6.13. The van der Waals surface area contributed by atoms with Gasteiger partial charge in [0.1, 0.15) is 17.5 Å². The van der Waals surface area contributed by atoms with Crippen molar-refractivity contribution in [3.05, 3.63) is 62.2 Å². The van der Waals surface area contributed by atoms with Gasteiger partial charge in [0.2, 0.25) is 0 Å². The number of benzene rings is 2. The summed E-state index contributed by atoms with van der Waals surface area (Å²) in [5, 5.41) is 0. The van der Waals surface area contributed by atoms with Crippen LogP contribution in [0.25, 0.3) is 0 Å². The smallest absolute Gasteiger partial charge is 0.483 e. The van der Waals surface area contributed by atoms with Gasteiger partial charge in [0.15, 0.2) is 12.3 Å². The zero-order chi connectivity index (χ0) is 29.1. The number of ether oxygens (including phenoxy) is 3. The van der Waals surface area contributed by atoms with Crippen molar-refractivity contribution >= 4 is 40.4 Å². The maximum absolute atomic E-state index is 13.5. The van der Waals surface area contributed by atoms with Crippen LogP contribution < -0.4 is 4.74 Å². The average molecular weight is 661 g/mol. The monoisotopic (exact) mass is 661 g/mol. The summed E-state index contributed by atoms with van der Waals surface area (Å²) in [7, 11) is 1.30. The molecule has 1 aliphatic rings. The second-order valence-corrected chi connectivity index (χ2v) is 11.6. The Kier molecular flexibility index (Phi) is 9.69. The van der Waals surface area contributed by atoms with Gasteiger partial charge >= 0.3 is 18.2 Å². The molecular weight excluding hydrogens is 628 g/mol. The Morgan fingerprint density at radius 3 is 2.41 bits per heavy atom. The van der Waals surface area contributed by atoms with Crippen LogP contribution in [0.2, 0.25) is 0 Å². The van der Waals surface area contributed by atoms with Gasteiger partial charge in [0.05, 0.1) is 34.9 Å². The molecule has 7 nitrogen and oxygen atoms in total. The van der Waals surface area contributed by atoms with Crippen LogP contribution in [0.4, 0.5) is 18.0 Å². The van der Waals surface area contributed by atoms with Crippen molar-refractivity contribution in [3.63, 3.8) is 0 Å². The minimum absolute atomic E-state index is 0.273. The van der Waals surface area contributed by atoms with Gasteiger partial charge < -0.3 is 14.2 Å². The lowest BCUT2D eigenvalue weighted by atomic mass is 10.0. The van der Waals surface area contributed by atoms with E-state index in [0.717, 1.165) is 17.8 Å². The summed E-state index contributed by atoms with van der Waals surface area (Å²) in [5.74, 6) is -0.0449. The second-order valence-electron chi connectivity index (χ2n) is 10.4. The normalized spacial score (nSPS) is 15.6. The Balaban J connectivity index is 1.92. The van der Waals surface area contributed by atoms with Gasteiger partial charge in [-0.05, 0) is 85.7 Å². The minimum atomic E-state index is -4.50. The highest BCUT2D eigenvalue weighted by molar-refractivity contribution is 14.1. The van der Waals surface area contributed by atoms with Crippen LogP contribution in [0.3, 0.4) is 0 Å². The molecule has 11 heteroatoms. The van der Waals surface area contributed by atoms with E-state index in [2.05, 4.69) is 0 Å². The van der Waals surface area contributed by atoms with Crippen molar-refractivity contribution in [2.24, 2.45) is 0 Å². The number of alkyl halides is 3. The van der Waals surface area contributed by atoms with E-state index in [1.54, 1.807) is 50.5 Å². The second kappa shape index (κ2) is 12.2. The molecule has 39 heavy (non-hydrogen) atoms. The van der Waals surface area contributed by atoms with Crippen molar-refractivity contribution in [1.82, 2.24) is 4.90 Å². The fourth-order valence-electron chi connectivity index (χ4n) is 4.23. The number of hydrogen-bond donors (Lipinski definition) is 0. The summed E-state index contributed by atoms with van der Waals surface area (Å²) in [5.41, 5.74) is 0.741. The van der Waals surface area contributed by atoms with Crippen LogP contribution in [-0.2, 0) is 15.7 Å². The van der Waals surface area contributed by atoms with Crippen molar-refractivity contribution < 1.29 is 41.5 Å². The fourth-order valence-corrected chi connectivity index (χ4v) is 4.82. The topological polar surface area (TPSA) is 68.1 Å². The number of carbonyl (C=O) groups is 2. The molecule has 0 unspecified atom stereocenters. The van der Waals surface area contributed by atoms with E-state index in [0.29, 0.717) is 45.6 Å². The number of hydrogen-bond acceptors (Lipinski definition) is 6. The number of carbonyl (C=O) groups excluding carboxylic acids is 2. The van der Waals surface area contributed by atoms with E-state index in [9.17, 15) is 22.8 Å². The van der Waals surface area contributed by atoms with Crippen molar-refractivity contribution in [1.29, 1.82) is 0 Å². The quantitative estimate of drug-likeness (QED) is 0.207. The highest BCUT2D eigenvalue weighted by Crippen LogP contribution is 2.34. The third-order valence-corrected chi connectivity index (χ3v) is 6.97. The lowest BCUT2D eigenvalue weighted by molar-refractivity contribution is -0.458. The van der Waals surface area contributed by atoms with E-state index in [4.69, 9.17) is 14.2 Å². The van der Waals surface area contributed by atoms with Crippen molar-refractivity contribution in [2.75, 3.05) is 33.3 Å². The van der Waals surface area contributed by atoms with E-state index < -0.39 is 35.5 Å². The molecule has 0 bridgehead atoms. The van der Waals surface area contributed by atoms with Crippen LogP contribution >= 0.6 is 22.6 Å². The van der Waals surface area contributed by atoms with Gasteiger partial charge in [-0.2, -0.15) is 18.0 Å². The molecule has 2 aromatic rings. The van der Waals surface area contributed by atoms with Gasteiger partial charge in [0.25, 0.3) is 0 Å². The lowest BCUT2D eigenvalue weighted by Gasteiger charge is -2.30. The number of halogens is 4. The first kappa shape index (κ1) is 30.9. The molecule has 1 atom stereocenters. The predicted molar refractivity (Wildman–Crippen MR) is 149 cm³/mol.